The molecule has 1 heterocycles. The van der Waals surface area contributed by atoms with Crippen LogP contribution in [0.3, 0.4) is 0 Å². The van der Waals surface area contributed by atoms with E-state index in [2.05, 4.69) is 15.0 Å². The number of aromatic nitrogens is 1. The van der Waals surface area contributed by atoms with E-state index in [4.69, 9.17) is 9.95 Å². The molecule has 0 aliphatic heterocycles. The molecule has 0 atom stereocenters. The van der Waals surface area contributed by atoms with Gasteiger partial charge in [-0.15, -0.1) is 0 Å². The standard InChI is InChI=1S/C8H12N4O/c1-8(2,3)6-4-10-7(13-6)5-11-12-9/h4H,5H2,1-3H3. The summed E-state index contributed by atoms with van der Waals surface area (Å²) in [4.78, 5) is 6.62. The highest BCUT2D eigenvalue weighted by Gasteiger charge is 2.18. The van der Waals surface area contributed by atoms with Crippen LogP contribution in [0, 0.1) is 0 Å². The van der Waals surface area contributed by atoms with Crippen LogP contribution in [-0.4, -0.2) is 4.98 Å². The van der Waals surface area contributed by atoms with E-state index in [1.165, 1.54) is 0 Å². The zero-order valence-electron chi connectivity index (χ0n) is 7.98. The van der Waals surface area contributed by atoms with E-state index in [-0.39, 0.29) is 12.0 Å². The van der Waals surface area contributed by atoms with Crippen LogP contribution in [0.4, 0.5) is 0 Å². The number of hydrogen-bond donors (Lipinski definition) is 0. The Morgan fingerprint density at radius 1 is 1.62 bits per heavy atom. The normalized spacial score (nSPS) is 11.0. The molecule has 0 N–H and O–H groups in total. The van der Waals surface area contributed by atoms with Crippen molar-refractivity contribution in [2.75, 3.05) is 0 Å². The van der Waals surface area contributed by atoms with Gasteiger partial charge in [-0.25, -0.2) is 4.98 Å². The van der Waals surface area contributed by atoms with Gasteiger partial charge >= 0.3 is 0 Å². The monoisotopic (exact) mass is 180 g/mol. The minimum absolute atomic E-state index is 0.0540. The van der Waals surface area contributed by atoms with Crippen LogP contribution in [0.1, 0.15) is 32.4 Å². The second-order valence-corrected chi connectivity index (χ2v) is 3.76. The number of oxazole rings is 1. The molecule has 13 heavy (non-hydrogen) atoms. The lowest BCUT2D eigenvalue weighted by molar-refractivity contribution is 0.383. The minimum Gasteiger partial charge on any atom is -0.445 e. The molecule has 0 radical (unpaired) electrons. The van der Waals surface area contributed by atoms with E-state index < -0.39 is 0 Å². The zero-order chi connectivity index (χ0) is 9.90. The number of hydrogen-bond acceptors (Lipinski definition) is 3. The number of nitrogens with zero attached hydrogens (tertiary/aromatic N) is 4. The van der Waals surface area contributed by atoms with Gasteiger partial charge in [-0.3, -0.25) is 0 Å². The summed E-state index contributed by atoms with van der Waals surface area (Å²) < 4.78 is 5.37. The van der Waals surface area contributed by atoms with Crippen molar-refractivity contribution >= 4 is 0 Å². The Bertz CT molecular complexity index is 330. The highest BCUT2D eigenvalue weighted by Crippen LogP contribution is 2.22. The maximum atomic E-state index is 8.08. The van der Waals surface area contributed by atoms with Crippen LogP contribution in [0.25, 0.3) is 10.4 Å². The summed E-state index contributed by atoms with van der Waals surface area (Å²) in [6, 6.07) is 0. The third-order valence-electron chi connectivity index (χ3n) is 1.56. The molecule has 1 rings (SSSR count). The van der Waals surface area contributed by atoms with Crippen molar-refractivity contribution in [3.63, 3.8) is 0 Å². The van der Waals surface area contributed by atoms with Crippen LogP contribution in [0.15, 0.2) is 15.7 Å². The first kappa shape index (κ1) is 9.61. The highest BCUT2D eigenvalue weighted by molar-refractivity contribution is 5.05. The average Bonchev–Trinajstić information content (AvgIpc) is 2.47. The number of rotatable bonds is 2. The maximum Gasteiger partial charge on any atom is 0.200 e. The van der Waals surface area contributed by atoms with Gasteiger partial charge in [-0.05, 0) is 5.53 Å². The SMILES string of the molecule is CC(C)(C)c1cnc(CN=[N+]=[N-])o1. The summed E-state index contributed by atoms with van der Waals surface area (Å²) in [6.45, 7) is 6.27. The molecule has 0 unspecified atom stereocenters. The minimum atomic E-state index is -0.0540. The third-order valence-corrected chi connectivity index (χ3v) is 1.56. The predicted molar refractivity (Wildman–Crippen MR) is 48.1 cm³/mol. The Hall–Kier alpha value is -1.48. The van der Waals surface area contributed by atoms with Gasteiger partial charge in [0.25, 0.3) is 0 Å². The summed E-state index contributed by atoms with van der Waals surface area (Å²) in [5, 5.41) is 3.36. The average molecular weight is 180 g/mol. The van der Waals surface area contributed by atoms with Gasteiger partial charge in [0.2, 0.25) is 0 Å². The van der Waals surface area contributed by atoms with Crippen molar-refractivity contribution in [1.82, 2.24) is 4.98 Å². The largest absolute Gasteiger partial charge is 0.445 e. The second kappa shape index (κ2) is 3.49. The third kappa shape index (κ3) is 2.49. The molecule has 5 nitrogen and oxygen atoms in total. The molecule has 5 heteroatoms. The molecule has 1 aromatic heterocycles. The van der Waals surface area contributed by atoms with E-state index in [0.717, 1.165) is 5.76 Å². The Kier molecular flexibility index (Phi) is 2.58. The first-order chi connectivity index (χ1) is 6.04. The van der Waals surface area contributed by atoms with Crippen molar-refractivity contribution in [2.24, 2.45) is 5.11 Å². The molecule has 0 fully saturated rings. The molecule has 0 saturated heterocycles. The Morgan fingerprint density at radius 3 is 2.77 bits per heavy atom. The predicted octanol–water partition coefficient (Wildman–Crippen LogP) is 2.78. The molecule has 1 aromatic rings. The Labute approximate surface area is 76.4 Å². The molecule has 0 aromatic carbocycles. The number of azide groups is 1. The van der Waals surface area contributed by atoms with Crippen LogP contribution in [-0.2, 0) is 12.0 Å². The van der Waals surface area contributed by atoms with E-state index in [0.29, 0.717) is 5.89 Å². The van der Waals surface area contributed by atoms with Crippen LogP contribution in [0.2, 0.25) is 0 Å². The van der Waals surface area contributed by atoms with E-state index in [1.807, 2.05) is 20.8 Å². The topological polar surface area (TPSA) is 74.8 Å². The zero-order valence-corrected chi connectivity index (χ0v) is 7.98. The summed E-state index contributed by atoms with van der Waals surface area (Å²) in [7, 11) is 0. The van der Waals surface area contributed by atoms with Gasteiger partial charge in [0, 0.05) is 10.3 Å². The molecule has 0 aliphatic rings. The fraction of sp³-hybridized carbons (Fsp3) is 0.625. The lowest BCUT2D eigenvalue weighted by Gasteiger charge is -2.12. The van der Waals surface area contributed by atoms with Crippen LogP contribution >= 0.6 is 0 Å². The van der Waals surface area contributed by atoms with E-state index in [9.17, 15) is 0 Å². The highest BCUT2D eigenvalue weighted by atomic mass is 16.4. The van der Waals surface area contributed by atoms with Crippen LogP contribution < -0.4 is 0 Å². The first-order valence-corrected chi connectivity index (χ1v) is 4.00. The van der Waals surface area contributed by atoms with Gasteiger partial charge < -0.3 is 4.42 Å². The van der Waals surface area contributed by atoms with Crippen molar-refractivity contribution in [1.29, 1.82) is 0 Å². The van der Waals surface area contributed by atoms with Gasteiger partial charge in [-0.1, -0.05) is 25.9 Å². The van der Waals surface area contributed by atoms with E-state index >= 15 is 0 Å². The molecular weight excluding hydrogens is 168 g/mol. The lowest BCUT2D eigenvalue weighted by atomic mass is 9.94. The molecule has 0 bridgehead atoms. The smallest absolute Gasteiger partial charge is 0.200 e. The second-order valence-electron chi connectivity index (χ2n) is 3.76. The summed E-state index contributed by atoms with van der Waals surface area (Å²) in [6.07, 6.45) is 1.67. The van der Waals surface area contributed by atoms with Crippen molar-refractivity contribution in [2.45, 2.75) is 32.7 Å². The molecule has 0 saturated carbocycles. The fourth-order valence-corrected chi connectivity index (χ4v) is 0.822. The van der Waals surface area contributed by atoms with E-state index in [1.54, 1.807) is 6.20 Å². The maximum absolute atomic E-state index is 8.08. The molecule has 0 spiro atoms. The molecule has 0 aliphatic carbocycles. The Morgan fingerprint density at radius 2 is 2.31 bits per heavy atom. The van der Waals surface area contributed by atoms with Crippen molar-refractivity contribution < 1.29 is 4.42 Å². The lowest BCUT2D eigenvalue weighted by Crippen LogP contribution is -2.09. The summed E-state index contributed by atoms with van der Waals surface area (Å²) in [5.74, 6) is 1.26. The van der Waals surface area contributed by atoms with Gasteiger partial charge in [0.15, 0.2) is 5.89 Å². The van der Waals surface area contributed by atoms with Crippen molar-refractivity contribution in [3.8, 4) is 0 Å². The first-order valence-electron chi connectivity index (χ1n) is 4.00. The van der Waals surface area contributed by atoms with Gasteiger partial charge in [-0.2, -0.15) is 0 Å². The van der Waals surface area contributed by atoms with Crippen molar-refractivity contribution in [3.05, 3.63) is 28.3 Å². The Balaban J connectivity index is 2.80. The van der Waals surface area contributed by atoms with Gasteiger partial charge in [0.05, 0.1) is 6.20 Å². The summed E-state index contributed by atoms with van der Waals surface area (Å²) in [5.41, 5.74) is 8.03. The van der Waals surface area contributed by atoms with Crippen LogP contribution in [0.5, 0.6) is 0 Å². The fourth-order valence-electron chi connectivity index (χ4n) is 0.822. The molecule has 70 valence electrons. The molecule has 0 amide bonds. The summed E-state index contributed by atoms with van der Waals surface area (Å²) >= 11 is 0. The van der Waals surface area contributed by atoms with Gasteiger partial charge in [0.1, 0.15) is 12.3 Å². The quantitative estimate of drug-likeness (QED) is 0.398. The molecular formula is C8H12N4O.